The molecule has 0 fully saturated rings. The van der Waals surface area contributed by atoms with Crippen molar-refractivity contribution < 1.29 is 18.7 Å². The van der Waals surface area contributed by atoms with Crippen LogP contribution < -0.4 is 10.1 Å². The van der Waals surface area contributed by atoms with Crippen molar-refractivity contribution in [2.75, 3.05) is 13.7 Å². The van der Waals surface area contributed by atoms with Gasteiger partial charge in [0.05, 0.1) is 31.6 Å². The fraction of sp³-hybridized carbons (Fsp3) is 0.235. The third-order valence-corrected chi connectivity index (χ3v) is 3.55. The molecule has 0 unspecified atom stereocenters. The number of nitrogens with zero attached hydrogens (tertiary/aromatic N) is 3. The van der Waals surface area contributed by atoms with Crippen molar-refractivity contribution in [2.24, 2.45) is 0 Å². The molecule has 0 bridgehead atoms. The van der Waals surface area contributed by atoms with Crippen LogP contribution in [0.1, 0.15) is 12.6 Å². The number of halogens is 1. The average Bonchev–Trinajstić information content (AvgIpc) is 2.98. The number of benzene rings is 1. The number of amides is 1. The lowest BCUT2D eigenvalue weighted by atomic mass is 10.1. The Morgan fingerprint density at radius 1 is 1.24 bits per heavy atom. The minimum Gasteiger partial charge on any atom is -0.480 e. The summed E-state index contributed by atoms with van der Waals surface area (Å²) in [6, 6.07) is 9.42. The summed E-state index contributed by atoms with van der Waals surface area (Å²) in [4.78, 5) is 16.2. The molecule has 3 rings (SSSR count). The first-order valence-corrected chi connectivity index (χ1v) is 7.71. The van der Waals surface area contributed by atoms with Crippen LogP contribution in [0, 0.1) is 5.82 Å². The van der Waals surface area contributed by atoms with Gasteiger partial charge in [0, 0.05) is 11.6 Å². The molecule has 0 saturated carbocycles. The third-order valence-electron chi connectivity index (χ3n) is 3.55. The molecule has 25 heavy (non-hydrogen) atoms. The number of carbonyl (C=O) groups excluding carboxylic acids is 1. The third kappa shape index (κ3) is 3.52. The Kier molecular flexibility index (Phi) is 4.78. The smallest absolute Gasteiger partial charge is 0.407 e. The van der Waals surface area contributed by atoms with Crippen LogP contribution in [-0.4, -0.2) is 34.4 Å². The fourth-order valence-corrected chi connectivity index (χ4v) is 2.41. The van der Waals surface area contributed by atoms with Gasteiger partial charge in [0.15, 0.2) is 5.65 Å². The van der Waals surface area contributed by atoms with Gasteiger partial charge >= 0.3 is 6.09 Å². The summed E-state index contributed by atoms with van der Waals surface area (Å²) in [5.41, 5.74) is 2.53. The van der Waals surface area contributed by atoms with Gasteiger partial charge in [0.25, 0.3) is 0 Å². The van der Waals surface area contributed by atoms with Crippen LogP contribution in [0.4, 0.5) is 9.18 Å². The van der Waals surface area contributed by atoms with E-state index in [9.17, 15) is 9.18 Å². The van der Waals surface area contributed by atoms with E-state index in [0.29, 0.717) is 28.5 Å². The maximum atomic E-state index is 13.2. The van der Waals surface area contributed by atoms with Crippen LogP contribution in [0.2, 0.25) is 0 Å². The fourth-order valence-electron chi connectivity index (χ4n) is 2.41. The van der Waals surface area contributed by atoms with Crippen molar-refractivity contribution in [1.82, 2.24) is 19.9 Å². The van der Waals surface area contributed by atoms with Crippen molar-refractivity contribution in [2.45, 2.75) is 13.5 Å². The Hall–Kier alpha value is -3.16. The lowest BCUT2D eigenvalue weighted by molar-refractivity contribution is 0.151. The molecule has 0 aliphatic rings. The second kappa shape index (κ2) is 7.16. The first kappa shape index (κ1) is 16.7. The van der Waals surface area contributed by atoms with Crippen LogP contribution in [0.25, 0.3) is 16.9 Å². The van der Waals surface area contributed by atoms with E-state index in [4.69, 9.17) is 9.47 Å². The lowest BCUT2D eigenvalue weighted by Crippen LogP contribution is -2.24. The number of alkyl carbamates (subject to hydrolysis) is 1. The summed E-state index contributed by atoms with van der Waals surface area (Å²) in [5.74, 6) is 0.0754. The van der Waals surface area contributed by atoms with Crippen LogP contribution in [-0.2, 0) is 11.3 Å². The first-order chi connectivity index (χ1) is 12.1. The number of aromatic nitrogens is 3. The molecule has 130 valence electrons. The molecule has 1 N–H and O–H groups in total. The topological polar surface area (TPSA) is 77.8 Å². The highest BCUT2D eigenvalue weighted by Gasteiger charge is 2.17. The van der Waals surface area contributed by atoms with Gasteiger partial charge in [-0.25, -0.2) is 18.7 Å². The Bertz CT molecular complexity index is 893. The van der Waals surface area contributed by atoms with Crippen molar-refractivity contribution in [3.63, 3.8) is 0 Å². The van der Waals surface area contributed by atoms with Crippen molar-refractivity contribution in [1.29, 1.82) is 0 Å². The Labute approximate surface area is 143 Å². The molecule has 2 heterocycles. The maximum Gasteiger partial charge on any atom is 0.407 e. The SMILES string of the molecule is CCOC(=O)NCc1c(-c2ccc(F)cc2)nc2ccc(OC)nn12. The molecule has 3 aromatic rings. The van der Waals surface area contributed by atoms with E-state index in [0.717, 1.165) is 0 Å². The number of imidazole rings is 1. The molecule has 0 saturated heterocycles. The molecule has 0 atom stereocenters. The van der Waals surface area contributed by atoms with Gasteiger partial charge in [0.2, 0.25) is 5.88 Å². The van der Waals surface area contributed by atoms with Gasteiger partial charge in [-0.3, -0.25) is 0 Å². The number of rotatable bonds is 5. The zero-order valence-corrected chi connectivity index (χ0v) is 13.8. The molecule has 0 spiro atoms. The van der Waals surface area contributed by atoms with E-state index >= 15 is 0 Å². The van der Waals surface area contributed by atoms with Gasteiger partial charge in [-0.1, -0.05) is 0 Å². The Morgan fingerprint density at radius 3 is 2.68 bits per heavy atom. The predicted octanol–water partition coefficient (Wildman–Crippen LogP) is 2.79. The highest BCUT2D eigenvalue weighted by atomic mass is 19.1. The normalized spacial score (nSPS) is 10.7. The minimum absolute atomic E-state index is 0.146. The zero-order valence-electron chi connectivity index (χ0n) is 13.8. The summed E-state index contributed by atoms with van der Waals surface area (Å²) in [7, 11) is 1.52. The molecule has 8 heteroatoms. The summed E-state index contributed by atoms with van der Waals surface area (Å²) < 4.78 is 24.8. The zero-order chi connectivity index (χ0) is 17.8. The molecule has 0 radical (unpaired) electrons. The summed E-state index contributed by atoms with van der Waals surface area (Å²) in [6.45, 7) is 2.15. The molecule has 0 aliphatic carbocycles. The standard InChI is InChI=1S/C17H17FN4O3/c1-3-25-17(23)19-10-13-16(11-4-6-12(18)7-5-11)20-14-8-9-15(24-2)21-22(13)14/h4-9H,3,10H2,1-2H3,(H,19,23). The van der Waals surface area contributed by atoms with Crippen LogP contribution in [0.5, 0.6) is 5.88 Å². The van der Waals surface area contributed by atoms with Crippen LogP contribution >= 0.6 is 0 Å². The largest absolute Gasteiger partial charge is 0.480 e. The van der Waals surface area contributed by atoms with Crippen LogP contribution in [0.3, 0.4) is 0 Å². The van der Waals surface area contributed by atoms with E-state index in [1.54, 1.807) is 35.7 Å². The van der Waals surface area contributed by atoms with E-state index in [-0.39, 0.29) is 19.0 Å². The number of carbonyl (C=O) groups is 1. The molecule has 0 aliphatic heterocycles. The van der Waals surface area contributed by atoms with E-state index < -0.39 is 6.09 Å². The molecule has 1 aromatic carbocycles. The van der Waals surface area contributed by atoms with Crippen LogP contribution in [0.15, 0.2) is 36.4 Å². The molecule has 2 aromatic heterocycles. The second-order valence-corrected chi connectivity index (χ2v) is 5.13. The summed E-state index contributed by atoms with van der Waals surface area (Å²) in [6.07, 6.45) is -0.537. The van der Waals surface area contributed by atoms with Crippen molar-refractivity contribution >= 4 is 11.7 Å². The van der Waals surface area contributed by atoms with Gasteiger partial charge in [0.1, 0.15) is 5.82 Å². The lowest BCUT2D eigenvalue weighted by Gasteiger charge is -2.07. The Morgan fingerprint density at radius 2 is 2.00 bits per heavy atom. The van der Waals surface area contributed by atoms with Crippen molar-refractivity contribution in [3.8, 4) is 17.1 Å². The van der Waals surface area contributed by atoms with E-state index in [1.807, 2.05) is 0 Å². The number of ether oxygens (including phenoxy) is 2. The molecule has 7 nitrogen and oxygen atoms in total. The summed E-state index contributed by atoms with van der Waals surface area (Å²) >= 11 is 0. The Balaban J connectivity index is 2.06. The quantitative estimate of drug-likeness (QED) is 0.770. The monoisotopic (exact) mass is 344 g/mol. The number of methoxy groups -OCH3 is 1. The van der Waals surface area contributed by atoms with Gasteiger partial charge in [-0.15, -0.1) is 5.10 Å². The first-order valence-electron chi connectivity index (χ1n) is 7.71. The van der Waals surface area contributed by atoms with Gasteiger partial charge in [-0.05, 0) is 37.3 Å². The average molecular weight is 344 g/mol. The maximum absolute atomic E-state index is 13.2. The highest BCUT2D eigenvalue weighted by Crippen LogP contribution is 2.25. The molecular weight excluding hydrogens is 327 g/mol. The highest BCUT2D eigenvalue weighted by molar-refractivity contribution is 5.69. The number of nitrogens with one attached hydrogen (secondary N) is 1. The molecular formula is C17H17FN4O3. The van der Waals surface area contributed by atoms with Crippen molar-refractivity contribution in [3.05, 3.63) is 47.9 Å². The predicted molar refractivity (Wildman–Crippen MR) is 88.8 cm³/mol. The van der Waals surface area contributed by atoms with Gasteiger partial charge < -0.3 is 14.8 Å². The van der Waals surface area contributed by atoms with Gasteiger partial charge in [-0.2, -0.15) is 0 Å². The number of hydrogen-bond acceptors (Lipinski definition) is 5. The molecule has 1 amide bonds. The second-order valence-electron chi connectivity index (χ2n) is 5.13. The number of hydrogen-bond donors (Lipinski definition) is 1. The van der Waals surface area contributed by atoms with E-state index in [1.165, 1.54) is 19.2 Å². The minimum atomic E-state index is -0.537. The summed E-state index contributed by atoms with van der Waals surface area (Å²) in [5, 5.41) is 7.01. The van der Waals surface area contributed by atoms with E-state index in [2.05, 4.69) is 15.4 Å². The number of fused-ring (bicyclic) bond motifs is 1.